The van der Waals surface area contributed by atoms with E-state index in [9.17, 15) is 4.79 Å². The number of hydrogen-bond donors (Lipinski definition) is 0. The molecule has 0 fully saturated rings. The first-order valence-electron chi connectivity index (χ1n) is 8.70. The summed E-state index contributed by atoms with van der Waals surface area (Å²) in [6.45, 7) is 3.50. The van der Waals surface area contributed by atoms with Crippen molar-refractivity contribution in [2.24, 2.45) is 4.99 Å². The Labute approximate surface area is 139 Å². The van der Waals surface area contributed by atoms with E-state index in [0.29, 0.717) is 6.54 Å². The predicted molar refractivity (Wildman–Crippen MR) is 93.7 cm³/mol. The number of ketones is 1. The molecule has 1 aromatic carbocycles. The Bertz CT molecular complexity index is 513. The Morgan fingerprint density at radius 1 is 1.13 bits per heavy atom. The van der Waals surface area contributed by atoms with Crippen molar-refractivity contribution in [2.75, 3.05) is 20.2 Å². The van der Waals surface area contributed by atoms with Crippen LogP contribution in [0.2, 0.25) is 0 Å². The van der Waals surface area contributed by atoms with Crippen LogP contribution < -0.4 is 0 Å². The fourth-order valence-corrected chi connectivity index (χ4v) is 2.90. The van der Waals surface area contributed by atoms with Gasteiger partial charge in [0, 0.05) is 19.2 Å². The summed E-state index contributed by atoms with van der Waals surface area (Å²) in [5.41, 5.74) is 1.05. The second-order valence-corrected chi connectivity index (χ2v) is 6.06. The van der Waals surface area contributed by atoms with Gasteiger partial charge in [0.2, 0.25) is 12.0 Å². The topological polar surface area (TPSA) is 41.9 Å². The van der Waals surface area contributed by atoms with Crippen molar-refractivity contribution < 1.29 is 9.53 Å². The lowest BCUT2D eigenvalue weighted by Gasteiger charge is -2.31. The molecule has 0 amide bonds. The number of nitrogens with zero attached hydrogens (tertiary/aromatic N) is 2. The van der Waals surface area contributed by atoms with E-state index < -0.39 is 6.23 Å². The summed E-state index contributed by atoms with van der Waals surface area (Å²) in [4.78, 5) is 18.7. The Kier molecular flexibility index (Phi) is 7.27. The van der Waals surface area contributed by atoms with Crippen LogP contribution in [0.25, 0.3) is 0 Å². The molecular weight excluding hydrogens is 288 g/mol. The Morgan fingerprint density at radius 2 is 1.83 bits per heavy atom. The van der Waals surface area contributed by atoms with E-state index in [-0.39, 0.29) is 5.78 Å². The number of rotatable bonds is 9. The summed E-state index contributed by atoms with van der Waals surface area (Å²) >= 11 is 0. The molecule has 0 saturated carbocycles. The van der Waals surface area contributed by atoms with E-state index in [1.165, 1.54) is 39.2 Å². The van der Waals surface area contributed by atoms with Crippen LogP contribution >= 0.6 is 0 Å². The standard InChI is InChI=1S/C19H28N2O2/c1-3-4-5-6-7-11-14-21-15-17(22)19(23-2)20-18(21)16-12-9-8-10-13-16/h8-10,12-13,19H,3-7,11,14-15H2,1-2H3. The van der Waals surface area contributed by atoms with Gasteiger partial charge in [-0.25, -0.2) is 4.99 Å². The maximum absolute atomic E-state index is 12.1. The van der Waals surface area contributed by atoms with Gasteiger partial charge in [0.1, 0.15) is 5.84 Å². The van der Waals surface area contributed by atoms with Crippen LogP contribution in [-0.2, 0) is 9.53 Å². The van der Waals surface area contributed by atoms with Crippen molar-refractivity contribution in [3.05, 3.63) is 35.9 Å². The number of aliphatic imine (C=N–C) groups is 1. The molecule has 0 N–H and O–H groups in total. The molecule has 0 radical (unpaired) electrons. The molecule has 1 atom stereocenters. The molecule has 1 aromatic rings. The maximum atomic E-state index is 12.1. The highest BCUT2D eigenvalue weighted by molar-refractivity contribution is 6.04. The average molecular weight is 316 g/mol. The Morgan fingerprint density at radius 3 is 2.52 bits per heavy atom. The molecule has 2 rings (SSSR count). The fraction of sp³-hybridized carbons (Fsp3) is 0.579. The van der Waals surface area contributed by atoms with Crippen LogP contribution in [-0.4, -0.2) is 42.9 Å². The van der Waals surface area contributed by atoms with E-state index in [2.05, 4.69) is 16.8 Å². The number of unbranched alkanes of at least 4 members (excludes halogenated alkanes) is 5. The molecule has 0 aromatic heterocycles. The summed E-state index contributed by atoms with van der Waals surface area (Å²) in [7, 11) is 1.54. The van der Waals surface area contributed by atoms with Gasteiger partial charge in [0.25, 0.3) is 0 Å². The van der Waals surface area contributed by atoms with Crippen molar-refractivity contribution >= 4 is 11.6 Å². The molecule has 23 heavy (non-hydrogen) atoms. The van der Waals surface area contributed by atoms with Crippen LogP contribution in [0.15, 0.2) is 35.3 Å². The molecule has 0 aliphatic carbocycles. The van der Waals surface area contributed by atoms with E-state index in [0.717, 1.165) is 24.4 Å². The van der Waals surface area contributed by atoms with E-state index in [1.807, 2.05) is 30.3 Å². The number of ether oxygens (including phenoxy) is 1. The van der Waals surface area contributed by atoms with Gasteiger partial charge >= 0.3 is 0 Å². The zero-order chi connectivity index (χ0) is 16.5. The molecular formula is C19H28N2O2. The van der Waals surface area contributed by atoms with Crippen LogP contribution in [0.3, 0.4) is 0 Å². The molecule has 1 unspecified atom stereocenters. The zero-order valence-electron chi connectivity index (χ0n) is 14.3. The second kappa shape index (κ2) is 9.46. The third kappa shape index (κ3) is 5.17. The van der Waals surface area contributed by atoms with Crippen molar-refractivity contribution in [3.63, 3.8) is 0 Å². The third-order valence-electron chi connectivity index (χ3n) is 4.20. The molecule has 1 heterocycles. The van der Waals surface area contributed by atoms with Crippen molar-refractivity contribution in [1.29, 1.82) is 0 Å². The third-order valence-corrected chi connectivity index (χ3v) is 4.20. The number of benzene rings is 1. The fourth-order valence-electron chi connectivity index (χ4n) is 2.90. The smallest absolute Gasteiger partial charge is 0.211 e. The maximum Gasteiger partial charge on any atom is 0.211 e. The quantitative estimate of drug-likeness (QED) is 0.653. The van der Waals surface area contributed by atoms with E-state index >= 15 is 0 Å². The Hall–Kier alpha value is -1.68. The first-order valence-corrected chi connectivity index (χ1v) is 8.70. The summed E-state index contributed by atoms with van der Waals surface area (Å²) in [5.74, 6) is 0.920. The lowest BCUT2D eigenvalue weighted by Crippen LogP contribution is -2.46. The molecule has 4 nitrogen and oxygen atoms in total. The second-order valence-electron chi connectivity index (χ2n) is 6.06. The van der Waals surface area contributed by atoms with E-state index in [1.54, 1.807) is 0 Å². The van der Waals surface area contributed by atoms with Gasteiger partial charge in [-0.2, -0.15) is 0 Å². The molecule has 0 saturated heterocycles. The highest BCUT2D eigenvalue weighted by atomic mass is 16.5. The SMILES string of the molecule is CCCCCCCCN1CC(=O)C(OC)N=C1c1ccccc1. The van der Waals surface area contributed by atoms with Crippen molar-refractivity contribution in [2.45, 2.75) is 51.7 Å². The summed E-state index contributed by atoms with van der Waals surface area (Å²) in [6, 6.07) is 10.1. The lowest BCUT2D eigenvalue weighted by molar-refractivity contribution is -0.129. The number of carbonyl (C=O) groups is 1. The van der Waals surface area contributed by atoms with Gasteiger partial charge in [-0.1, -0.05) is 69.4 Å². The van der Waals surface area contributed by atoms with Gasteiger partial charge in [0.05, 0.1) is 6.54 Å². The number of hydrogen-bond acceptors (Lipinski definition) is 4. The number of Topliss-reactive ketones (excluding diaryl/α,β-unsaturated/α-hetero) is 1. The van der Waals surface area contributed by atoms with Gasteiger partial charge < -0.3 is 9.64 Å². The van der Waals surface area contributed by atoms with Crippen LogP contribution in [0, 0.1) is 0 Å². The van der Waals surface area contributed by atoms with Crippen LogP contribution in [0.5, 0.6) is 0 Å². The lowest BCUT2D eigenvalue weighted by atomic mass is 10.1. The molecule has 1 aliphatic heterocycles. The summed E-state index contributed by atoms with van der Waals surface area (Å²) < 4.78 is 5.21. The normalized spacial score (nSPS) is 18.2. The van der Waals surface area contributed by atoms with Gasteiger partial charge in [-0.05, 0) is 6.42 Å². The predicted octanol–water partition coefficient (Wildman–Crippen LogP) is 3.65. The van der Waals surface area contributed by atoms with Gasteiger partial charge in [-0.15, -0.1) is 0 Å². The van der Waals surface area contributed by atoms with Gasteiger partial charge in [0.15, 0.2) is 0 Å². The average Bonchev–Trinajstić information content (AvgIpc) is 2.59. The zero-order valence-corrected chi connectivity index (χ0v) is 14.3. The molecule has 4 heteroatoms. The number of methoxy groups -OCH3 is 1. The first-order chi connectivity index (χ1) is 11.3. The molecule has 126 valence electrons. The number of carbonyl (C=O) groups excluding carboxylic acids is 1. The number of amidine groups is 1. The summed E-state index contributed by atoms with van der Waals surface area (Å²) in [6.07, 6.45) is 6.81. The minimum absolute atomic E-state index is 0.0400. The Balaban J connectivity index is 1.99. The minimum atomic E-state index is -0.661. The largest absolute Gasteiger partial charge is 0.353 e. The van der Waals surface area contributed by atoms with Crippen molar-refractivity contribution in [3.8, 4) is 0 Å². The highest BCUT2D eigenvalue weighted by Crippen LogP contribution is 2.16. The van der Waals surface area contributed by atoms with Crippen LogP contribution in [0.4, 0.5) is 0 Å². The monoisotopic (exact) mass is 316 g/mol. The van der Waals surface area contributed by atoms with Crippen molar-refractivity contribution in [1.82, 2.24) is 4.90 Å². The molecule has 0 bridgehead atoms. The highest BCUT2D eigenvalue weighted by Gasteiger charge is 2.28. The van der Waals surface area contributed by atoms with Gasteiger partial charge in [-0.3, -0.25) is 4.79 Å². The first kappa shape index (κ1) is 17.7. The van der Waals surface area contributed by atoms with E-state index in [4.69, 9.17) is 4.74 Å². The summed E-state index contributed by atoms with van der Waals surface area (Å²) in [5, 5.41) is 0. The molecule has 1 aliphatic rings. The molecule has 0 spiro atoms. The van der Waals surface area contributed by atoms with Crippen LogP contribution in [0.1, 0.15) is 51.0 Å². The minimum Gasteiger partial charge on any atom is -0.353 e.